The number of aromatic hydroxyl groups is 1. The zero-order valence-electron chi connectivity index (χ0n) is 13.5. The second-order valence-electron chi connectivity index (χ2n) is 6.22. The lowest BCUT2D eigenvalue weighted by molar-refractivity contribution is 0.0729. The Labute approximate surface area is 144 Å². The number of benzene rings is 1. The normalized spacial score (nSPS) is 17.7. The van der Waals surface area contributed by atoms with Crippen molar-refractivity contribution in [3.8, 4) is 5.75 Å². The van der Waals surface area contributed by atoms with Crippen molar-refractivity contribution < 1.29 is 9.90 Å². The van der Waals surface area contributed by atoms with E-state index in [1.165, 1.54) is 11.3 Å². The molecule has 0 radical (unpaired) electrons. The van der Waals surface area contributed by atoms with Crippen molar-refractivity contribution in [1.82, 2.24) is 14.5 Å². The number of imidazole rings is 1. The lowest BCUT2D eigenvalue weighted by atomic mass is 10.2. The summed E-state index contributed by atoms with van der Waals surface area (Å²) in [6.45, 7) is 3.54. The molecule has 3 heterocycles. The summed E-state index contributed by atoms with van der Waals surface area (Å²) in [6, 6.07) is 9.83. The Hall–Kier alpha value is -2.34. The van der Waals surface area contributed by atoms with E-state index in [4.69, 9.17) is 0 Å². The van der Waals surface area contributed by atoms with Gasteiger partial charge in [-0.1, -0.05) is 12.1 Å². The number of carbonyl (C=O) groups excluding carboxylic acids is 1. The first-order chi connectivity index (χ1) is 11.6. The van der Waals surface area contributed by atoms with Gasteiger partial charge in [0.05, 0.1) is 22.0 Å². The van der Waals surface area contributed by atoms with E-state index < -0.39 is 0 Å². The van der Waals surface area contributed by atoms with Crippen LogP contribution in [0.15, 0.2) is 35.7 Å². The van der Waals surface area contributed by atoms with E-state index >= 15 is 0 Å². The van der Waals surface area contributed by atoms with Crippen LogP contribution in [0.1, 0.15) is 28.3 Å². The molecule has 1 N–H and O–H groups in total. The highest BCUT2D eigenvalue weighted by molar-refractivity contribution is 7.12. The zero-order chi connectivity index (χ0) is 16.7. The summed E-state index contributed by atoms with van der Waals surface area (Å²) in [5.41, 5.74) is 2.11. The first-order valence-electron chi connectivity index (χ1n) is 8.14. The minimum Gasteiger partial charge on any atom is -0.507 e. The van der Waals surface area contributed by atoms with Crippen LogP contribution in [0.3, 0.4) is 0 Å². The number of hydrogen-bond acceptors (Lipinski definition) is 4. The van der Waals surface area contributed by atoms with Crippen LogP contribution in [0.2, 0.25) is 0 Å². The van der Waals surface area contributed by atoms with Gasteiger partial charge in [0.15, 0.2) is 0 Å². The van der Waals surface area contributed by atoms with E-state index in [9.17, 15) is 9.90 Å². The van der Waals surface area contributed by atoms with Gasteiger partial charge in [0.1, 0.15) is 11.6 Å². The molecule has 1 aliphatic rings. The fraction of sp³-hybridized carbons (Fsp3) is 0.333. The Morgan fingerprint density at radius 1 is 1.42 bits per heavy atom. The Morgan fingerprint density at radius 3 is 3.04 bits per heavy atom. The molecule has 2 aromatic heterocycles. The van der Waals surface area contributed by atoms with E-state index in [0.717, 1.165) is 42.8 Å². The molecule has 1 aromatic carbocycles. The fourth-order valence-electron chi connectivity index (χ4n) is 3.51. The van der Waals surface area contributed by atoms with E-state index in [2.05, 4.69) is 15.6 Å². The molecule has 0 bridgehead atoms. The predicted molar refractivity (Wildman–Crippen MR) is 94.5 cm³/mol. The molecule has 0 aliphatic carbocycles. The molecule has 1 amide bonds. The minimum absolute atomic E-state index is 0.0184. The summed E-state index contributed by atoms with van der Waals surface area (Å²) < 4.78 is 2.21. The quantitative estimate of drug-likeness (QED) is 0.794. The van der Waals surface area contributed by atoms with Crippen LogP contribution in [-0.2, 0) is 6.54 Å². The third kappa shape index (κ3) is 2.57. The standard InChI is InChI=1S/C18H19N3O2S/c1-12-19-15-6-2-3-7-16(15)21(12)10-13-5-4-8-20(13)18(23)17-9-14(22)11-24-17/h2-3,6-7,9,11,13,22H,4-5,8,10H2,1H3. The predicted octanol–water partition coefficient (Wildman–Crippen LogP) is 3.42. The van der Waals surface area contributed by atoms with Crippen molar-refractivity contribution in [2.24, 2.45) is 0 Å². The van der Waals surface area contributed by atoms with Crippen LogP contribution in [-0.4, -0.2) is 38.1 Å². The highest BCUT2D eigenvalue weighted by Gasteiger charge is 2.31. The molecule has 24 heavy (non-hydrogen) atoms. The maximum atomic E-state index is 12.7. The average molecular weight is 341 g/mol. The van der Waals surface area contributed by atoms with Crippen molar-refractivity contribution >= 4 is 28.3 Å². The number of hydrogen-bond donors (Lipinski definition) is 1. The molecule has 1 atom stereocenters. The summed E-state index contributed by atoms with van der Waals surface area (Å²) in [6.07, 6.45) is 2.01. The summed E-state index contributed by atoms with van der Waals surface area (Å²) >= 11 is 1.30. The molecule has 5 nitrogen and oxygen atoms in total. The van der Waals surface area contributed by atoms with Gasteiger partial charge in [0.2, 0.25) is 0 Å². The largest absolute Gasteiger partial charge is 0.507 e. The van der Waals surface area contributed by atoms with Gasteiger partial charge in [-0.3, -0.25) is 4.79 Å². The first-order valence-corrected chi connectivity index (χ1v) is 9.02. The van der Waals surface area contributed by atoms with Gasteiger partial charge in [0, 0.05) is 24.5 Å². The van der Waals surface area contributed by atoms with Gasteiger partial charge in [-0.05, 0) is 31.9 Å². The highest BCUT2D eigenvalue weighted by atomic mass is 32.1. The highest BCUT2D eigenvalue weighted by Crippen LogP contribution is 2.27. The van der Waals surface area contributed by atoms with Crippen molar-refractivity contribution in [2.45, 2.75) is 32.4 Å². The fourth-order valence-corrected chi connectivity index (χ4v) is 4.23. The van der Waals surface area contributed by atoms with E-state index in [1.54, 1.807) is 11.4 Å². The number of para-hydroxylation sites is 2. The lowest BCUT2D eigenvalue weighted by Crippen LogP contribution is -2.37. The summed E-state index contributed by atoms with van der Waals surface area (Å²) in [5, 5.41) is 11.1. The smallest absolute Gasteiger partial charge is 0.264 e. The monoisotopic (exact) mass is 341 g/mol. The van der Waals surface area contributed by atoms with E-state index in [1.807, 2.05) is 30.0 Å². The van der Waals surface area contributed by atoms with E-state index in [-0.39, 0.29) is 17.7 Å². The zero-order valence-corrected chi connectivity index (χ0v) is 14.3. The van der Waals surface area contributed by atoms with Gasteiger partial charge in [-0.25, -0.2) is 4.98 Å². The summed E-state index contributed by atoms with van der Waals surface area (Å²) in [4.78, 5) is 19.9. The summed E-state index contributed by atoms with van der Waals surface area (Å²) in [7, 11) is 0. The SMILES string of the molecule is Cc1nc2ccccc2n1CC1CCCN1C(=O)c1cc(O)cs1. The maximum absolute atomic E-state index is 12.7. The Kier molecular flexibility index (Phi) is 3.76. The van der Waals surface area contributed by atoms with Gasteiger partial charge >= 0.3 is 0 Å². The molecule has 3 aromatic rings. The lowest BCUT2D eigenvalue weighted by Gasteiger charge is -2.25. The molecule has 1 saturated heterocycles. The number of carbonyl (C=O) groups is 1. The number of amides is 1. The number of likely N-dealkylation sites (tertiary alicyclic amines) is 1. The Morgan fingerprint density at radius 2 is 2.25 bits per heavy atom. The molecule has 1 fully saturated rings. The topological polar surface area (TPSA) is 58.4 Å². The maximum Gasteiger partial charge on any atom is 0.264 e. The second kappa shape index (κ2) is 5.94. The minimum atomic E-state index is 0.0184. The Bertz CT molecular complexity index is 899. The first kappa shape index (κ1) is 15.2. The average Bonchev–Trinajstić information content (AvgIpc) is 3.27. The number of aryl methyl sites for hydroxylation is 1. The van der Waals surface area contributed by atoms with Crippen LogP contribution < -0.4 is 0 Å². The van der Waals surface area contributed by atoms with Gasteiger partial charge in [-0.15, -0.1) is 11.3 Å². The van der Waals surface area contributed by atoms with Crippen LogP contribution in [0.4, 0.5) is 0 Å². The van der Waals surface area contributed by atoms with Crippen LogP contribution in [0.25, 0.3) is 11.0 Å². The van der Waals surface area contributed by atoms with Crippen LogP contribution in [0, 0.1) is 6.92 Å². The van der Waals surface area contributed by atoms with Crippen LogP contribution in [0.5, 0.6) is 5.75 Å². The number of aromatic nitrogens is 2. The third-order valence-corrected chi connectivity index (χ3v) is 5.58. The number of thiophene rings is 1. The third-order valence-electron chi connectivity index (χ3n) is 4.67. The molecule has 6 heteroatoms. The number of rotatable bonds is 3. The molecule has 4 rings (SSSR count). The van der Waals surface area contributed by atoms with Gasteiger partial charge in [0.25, 0.3) is 5.91 Å². The van der Waals surface area contributed by atoms with Crippen molar-refractivity contribution in [3.05, 3.63) is 46.4 Å². The van der Waals surface area contributed by atoms with Crippen LogP contribution >= 0.6 is 11.3 Å². The van der Waals surface area contributed by atoms with Crippen molar-refractivity contribution in [2.75, 3.05) is 6.54 Å². The second-order valence-corrected chi connectivity index (χ2v) is 7.13. The molecule has 1 aliphatic heterocycles. The van der Waals surface area contributed by atoms with Gasteiger partial charge in [-0.2, -0.15) is 0 Å². The Balaban J connectivity index is 1.61. The molecular formula is C18H19N3O2S. The number of fused-ring (bicyclic) bond motifs is 1. The van der Waals surface area contributed by atoms with Crippen molar-refractivity contribution in [3.63, 3.8) is 0 Å². The molecular weight excluding hydrogens is 322 g/mol. The molecule has 0 spiro atoms. The molecule has 0 saturated carbocycles. The van der Waals surface area contributed by atoms with Gasteiger partial charge < -0.3 is 14.6 Å². The molecule has 124 valence electrons. The molecule has 1 unspecified atom stereocenters. The van der Waals surface area contributed by atoms with Crippen molar-refractivity contribution in [1.29, 1.82) is 0 Å². The van der Waals surface area contributed by atoms with E-state index in [0.29, 0.717) is 4.88 Å². The summed E-state index contributed by atoms with van der Waals surface area (Å²) in [5.74, 6) is 1.16. The number of nitrogens with zero attached hydrogens (tertiary/aromatic N) is 3.